The smallest absolute Gasteiger partial charge is 0.189 e. The third-order valence-corrected chi connectivity index (χ3v) is 3.86. The van der Waals surface area contributed by atoms with Crippen molar-refractivity contribution in [1.29, 1.82) is 0 Å². The summed E-state index contributed by atoms with van der Waals surface area (Å²) < 4.78 is 11.1. The first-order valence-electron chi connectivity index (χ1n) is 8.08. The highest BCUT2D eigenvalue weighted by molar-refractivity contribution is 5.53. The van der Waals surface area contributed by atoms with E-state index in [9.17, 15) is 0 Å². The minimum atomic E-state index is 0.341. The second kappa shape index (κ2) is 8.25. The van der Waals surface area contributed by atoms with E-state index in [0.717, 1.165) is 36.6 Å². The van der Waals surface area contributed by atoms with Gasteiger partial charge in [0.25, 0.3) is 0 Å². The van der Waals surface area contributed by atoms with Crippen molar-refractivity contribution in [2.24, 2.45) is 0 Å². The van der Waals surface area contributed by atoms with E-state index in [0.29, 0.717) is 13.4 Å². The van der Waals surface area contributed by atoms with Crippen molar-refractivity contribution in [1.82, 2.24) is 4.90 Å². The Bertz CT molecular complexity index is 441. The molecule has 1 aliphatic heterocycles. The number of unbranched alkanes of at least 4 members (excludes halogenated alkanes) is 2. The molecule has 1 aromatic carbocycles. The first-order chi connectivity index (χ1) is 10.2. The molecule has 4 heteroatoms. The summed E-state index contributed by atoms with van der Waals surface area (Å²) in [4.78, 5) is 2.51. The molecule has 0 saturated heterocycles. The normalized spacial score (nSPS) is 14.0. The molecule has 1 heterocycles. The Labute approximate surface area is 128 Å². The standard InChI is InChI=1S/C17H28N2O2/c1-3-5-7-19(8-6-4-2)11-14-9-16(18)10-15-12-20-13-21-17(14)15/h9-10H,3-8,11-13,18H2,1-2H3. The number of benzene rings is 1. The minimum Gasteiger partial charge on any atom is -0.467 e. The molecule has 0 saturated carbocycles. The Morgan fingerprint density at radius 2 is 1.86 bits per heavy atom. The average Bonchev–Trinajstić information content (AvgIpc) is 2.49. The fourth-order valence-corrected chi connectivity index (χ4v) is 2.72. The van der Waals surface area contributed by atoms with Crippen LogP contribution >= 0.6 is 0 Å². The van der Waals surface area contributed by atoms with Crippen LogP contribution in [0.1, 0.15) is 50.7 Å². The average molecular weight is 292 g/mol. The maximum absolute atomic E-state index is 6.03. The van der Waals surface area contributed by atoms with Gasteiger partial charge in [-0.1, -0.05) is 26.7 Å². The van der Waals surface area contributed by atoms with Crippen LogP contribution in [-0.4, -0.2) is 24.8 Å². The summed E-state index contributed by atoms with van der Waals surface area (Å²) in [6.07, 6.45) is 4.92. The van der Waals surface area contributed by atoms with Gasteiger partial charge < -0.3 is 15.2 Å². The first-order valence-corrected chi connectivity index (χ1v) is 8.08. The summed E-state index contributed by atoms with van der Waals surface area (Å²) in [6.45, 7) is 8.59. The van der Waals surface area contributed by atoms with Crippen molar-refractivity contribution in [2.75, 3.05) is 25.6 Å². The van der Waals surface area contributed by atoms with Gasteiger partial charge in [-0.25, -0.2) is 0 Å². The molecule has 0 radical (unpaired) electrons. The number of nitrogens with two attached hydrogens (primary N) is 1. The number of ether oxygens (including phenoxy) is 2. The van der Waals surface area contributed by atoms with Crippen molar-refractivity contribution in [3.63, 3.8) is 0 Å². The Kier molecular flexibility index (Phi) is 6.33. The van der Waals surface area contributed by atoms with Gasteiger partial charge >= 0.3 is 0 Å². The van der Waals surface area contributed by atoms with Crippen LogP contribution in [0, 0.1) is 0 Å². The van der Waals surface area contributed by atoms with Crippen molar-refractivity contribution in [2.45, 2.75) is 52.7 Å². The summed E-state index contributed by atoms with van der Waals surface area (Å²) >= 11 is 0. The van der Waals surface area contributed by atoms with Crippen molar-refractivity contribution < 1.29 is 9.47 Å². The summed E-state index contributed by atoms with van der Waals surface area (Å²) in [5.41, 5.74) is 9.09. The van der Waals surface area contributed by atoms with Crippen LogP contribution in [0.3, 0.4) is 0 Å². The van der Waals surface area contributed by atoms with Gasteiger partial charge in [-0.05, 0) is 38.1 Å². The zero-order chi connectivity index (χ0) is 15.1. The predicted molar refractivity (Wildman–Crippen MR) is 86.2 cm³/mol. The monoisotopic (exact) mass is 292 g/mol. The van der Waals surface area contributed by atoms with E-state index >= 15 is 0 Å². The molecule has 0 amide bonds. The number of rotatable bonds is 8. The minimum absolute atomic E-state index is 0.341. The molecule has 1 aliphatic rings. The summed E-state index contributed by atoms with van der Waals surface area (Å²) in [5.74, 6) is 0.980. The highest BCUT2D eigenvalue weighted by Crippen LogP contribution is 2.31. The highest BCUT2D eigenvalue weighted by Gasteiger charge is 2.18. The fraction of sp³-hybridized carbons (Fsp3) is 0.647. The van der Waals surface area contributed by atoms with E-state index in [1.54, 1.807) is 0 Å². The molecule has 1 aromatic rings. The zero-order valence-corrected chi connectivity index (χ0v) is 13.4. The Morgan fingerprint density at radius 1 is 1.14 bits per heavy atom. The second-order valence-corrected chi connectivity index (χ2v) is 5.76. The quantitative estimate of drug-likeness (QED) is 0.745. The third kappa shape index (κ3) is 4.61. The van der Waals surface area contributed by atoms with Gasteiger partial charge in [-0.15, -0.1) is 0 Å². The van der Waals surface area contributed by atoms with Gasteiger partial charge in [-0.2, -0.15) is 0 Å². The molecular formula is C17H28N2O2. The van der Waals surface area contributed by atoms with Gasteiger partial charge in [0.2, 0.25) is 0 Å². The number of anilines is 1. The lowest BCUT2D eigenvalue weighted by molar-refractivity contribution is -0.0174. The number of nitrogen functional groups attached to an aromatic ring is 1. The van der Waals surface area contributed by atoms with E-state index in [1.165, 1.54) is 31.2 Å². The lowest BCUT2D eigenvalue weighted by atomic mass is 10.1. The van der Waals surface area contributed by atoms with Crippen LogP contribution in [0.2, 0.25) is 0 Å². The summed E-state index contributed by atoms with van der Waals surface area (Å²) in [5, 5.41) is 0. The van der Waals surface area contributed by atoms with Crippen LogP contribution in [0.5, 0.6) is 5.75 Å². The Balaban J connectivity index is 2.12. The van der Waals surface area contributed by atoms with E-state index in [4.69, 9.17) is 15.2 Å². The lowest BCUT2D eigenvalue weighted by Crippen LogP contribution is -2.26. The topological polar surface area (TPSA) is 47.7 Å². The van der Waals surface area contributed by atoms with E-state index < -0.39 is 0 Å². The molecule has 0 aliphatic carbocycles. The van der Waals surface area contributed by atoms with Gasteiger partial charge in [0.15, 0.2) is 6.79 Å². The molecule has 4 nitrogen and oxygen atoms in total. The van der Waals surface area contributed by atoms with Gasteiger partial charge in [-0.3, -0.25) is 4.90 Å². The van der Waals surface area contributed by atoms with Crippen LogP contribution < -0.4 is 10.5 Å². The molecule has 0 spiro atoms. The molecule has 118 valence electrons. The van der Waals surface area contributed by atoms with E-state index in [1.807, 2.05) is 6.07 Å². The van der Waals surface area contributed by atoms with E-state index in [-0.39, 0.29) is 0 Å². The molecule has 0 unspecified atom stereocenters. The van der Waals surface area contributed by atoms with Crippen molar-refractivity contribution >= 4 is 5.69 Å². The van der Waals surface area contributed by atoms with E-state index in [2.05, 4.69) is 24.8 Å². The molecule has 0 bridgehead atoms. The molecule has 0 fully saturated rings. The molecule has 0 aromatic heterocycles. The maximum Gasteiger partial charge on any atom is 0.189 e. The summed E-state index contributed by atoms with van der Waals surface area (Å²) in [7, 11) is 0. The maximum atomic E-state index is 6.03. The van der Waals surface area contributed by atoms with Gasteiger partial charge in [0.1, 0.15) is 5.75 Å². The zero-order valence-electron chi connectivity index (χ0n) is 13.4. The number of hydrogen-bond acceptors (Lipinski definition) is 4. The largest absolute Gasteiger partial charge is 0.467 e. The molecule has 2 N–H and O–H groups in total. The molecule has 21 heavy (non-hydrogen) atoms. The predicted octanol–water partition coefficient (Wildman–Crippen LogP) is 3.54. The highest BCUT2D eigenvalue weighted by atomic mass is 16.7. The second-order valence-electron chi connectivity index (χ2n) is 5.76. The molecule has 2 rings (SSSR count). The number of nitrogens with zero attached hydrogens (tertiary/aromatic N) is 1. The molecule has 0 atom stereocenters. The Morgan fingerprint density at radius 3 is 2.52 bits per heavy atom. The lowest BCUT2D eigenvalue weighted by Gasteiger charge is -2.26. The van der Waals surface area contributed by atoms with Crippen LogP contribution in [0.25, 0.3) is 0 Å². The fourth-order valence-electron chi connectivity index (χ4n) is 2.72. The molecular weight excluding hydrogens is 264 g/mol. The first kappa shape index (κ1) is 16.1. The number of fused-ring (bicyclic) bond motifs is 1. The summed E-state index contributed by atoms with van der Waals surface area (Å²) in [6, 6.07) is 4.01. The van der Waals surface area contributed by atoms with Gasteiger partial charge in [0.05, 0.1) is 6.61 Å². The Hall–Kier alpha value is -1.26. The van der Waals surface area contributed by atoms with Crippen molar-refractivity contribution in [3.8, 4) is 5.75 Å². The third-order valence-electron chi connectivity index (χ3n) is 3.86. The van der Waals surface area contributed by atoms with Crippen molar-refractivity contribution in [3.05, 3.63) is 23.3 Å². The number of hydrogen-bond donors (Lipinski definition) is 1. The van der Waals surface area contributed by atoms with Gasteiger partial charge in [0, 0.05) is 23.4 Å². The van der Waals surface area contributed by atoms with Crippen LogP contribution in [0.4, 0.5) is 5.69 Å². The van der Waals surface area contributed by atoms with Crippen LogP contribution in [-0.2, 0) is 17.9 Å². The SMILES string of the molecule is CCCCN(CCCC)Cc1cc(N)cc2c1OCOC2. The van der Waals surface area contributed by atoms with Crippen LogP contribution in [0.15, 0.2) is 12.1 Å².